The highest BCUT2D eigenvalue weighted by Gasteiger charge is 2.49. The number of halogens is 2. The molecule has 0 spiro atoms. The number of aliphatic hydroxyl groups excluding tert-OH is 1. The van der Waals surface area contributed by atoms with E-state index >= 15 is 0 Å². The molecule has 4 heterocycles. The number of fused-ring (bicyclic) bond motifs is 2. The number of nitrogens with one attached hydrogen (secondary N) is 2. The van der Waals surface area contributed by atoms with Crippen LogP contribution >= 0.6 is 0 Å². The van der Waals surface area contributed by atoms with Crippen molar-refractivity contribution in [1.29, 1.82) is 0 Å². The number of amides is 1. The van der Waals surface area contributed by atoms with E-state index in [-0.39, 0.29) is 36.2 Å². The van der Waals surface area contributed by atoms with Crippen LogP contribution in [0.15, 0.2) is 36.8 Å². The van der Waals surface area contributed by atoms with E-state index in [0.717, 1.165) is 16.6 Å². The highest BCUT2D eigenvalue weighted by Crippen LogP contribution is 2.39. The van der Waals surface area contributed by atoms with Crippen molar-refractivity contribution in [2.24, 2.45) is 0 Å². The Morgan fingerprint density at radius 2 is 2.12 bits per heavy atom. The summed E-state index contributed by atoms with van der Waals surface area (Å²) < 4.78 is 31.0. The lowest BCUT2D eigenvalue weighted by Gasteiger charge is -2.36. The molecular weight excluding hydrogens is 444 g/mol. The molecule has 2 saturated carbocycles. The number of alkyl halides is 2. The van der Waals surface area contributed by atoms with Crippen LogP contribution in [0, 0.1) is 0 Å². The normalized spacial score (nSPS) is 23.5. The van der Waals surface area contributed by atoms with E-state index in [0.29, 0.717) is 24.4 Å². The number of carbonyl (C=O) groups excluding carboxylic acids is 1. The predicted octanol–water partition coefficient (Wildman–Crippen LogP) is 3.01. The van der Waals surface area contributed by atoms with Gasteiger partial charge in [0.1, 0.15) is 17.0 Å². The van der Waals surface area contributed by atoms with Gasteiger partial charge in [-0.3, -0.25) is 4.79 Å². The smallest absolute Gasteiger partial charge is 0.267 e. The van der Waals surface area contributed by atoms with Crippen molar-refractivity contribution < 1.29 is 18.7 Å². The first-order valence-corrected chi connectivity index (χ1v) is 11.2. The maximum absolute atomic E-state index is 13.7. The Hall–Kier alpha value is -3.60. The Morgan fingerprint density at radius 3 is 2.79 bits per heavy atom. The molecule has 1 unspecified atom stereocenters. The lowest BCUT2D eigenvalue weighted by molar-refractivity contribution is -0.102. The molecule has 1 atom stereocenters. The number of rotatable bonds is 5. The third-order valence-corrected chi connectivity index (χ3v) is 6.90. The largest absolute Gasteiger partial charge is 0.393 e. The Balaban J connectivity index is 1.45. The monoisotopic (exact) mass is 467 g/mol. The third-order valence-electron chi connectivity index (χ3n) is 6.90. The standard InChI is InChI=1S/C23H23F2N7O2/c1-26-19-9-17(16-11-31(12-7-13(33)8-12)20-14(16)3-2-6-27-20)29-21-15(10-28-32(19)21)22(34)30-18-4-5-23(18,24)25/h2-3,6,9-13,18,26,33H,4-5,7-8H2,1H3,(H,30,34)/t12-,13+,18?. The molecular formula is C23H23F2N7O2. The fraction of sp³-hybridized carbons (Fsp3) is 0.391. The molecule has 3 N–H and O–H groups in total. The Morgan fingerprint density at radius 1 is 1.29 bits per heavy atom. The van der Waals surface area contributed by atoms with Crippen molar-refractivity contribution in [3.05, 3.63) is 42.4 Å². The van der Waals surface area contributed by atoms with Crippen LogP contribution in [0.2, 0.25) is 0 Å². The molecule has 0 aliphatic heterocycles. The van der Waals surface area contributed by atoms with Gasteiger partial charge in [-0.25, -0.2) is 18.7 Å². The Bertz CT molecular complexity index is 1420. The molecule has 34 heavy (non-hydrogen) atoms. The van der Waals surface area contributed by atoms with Crippen LogP contribution in [0.3, 0.4) is 0 Å². The predicted molar refractivity (Wildman–Crippen MR) is 121 cm³/mol. The van der Waals surface area contributed by atoms with Crippen molar-refractivity contribution in [2.45, 2.75) is 49.8 Å². The second-order valence-corrected chi connectivity index (χ2v) is 9.00. The lowest BCUT2D eigenvalue weighted by atomic mass is 9.88. The number of aliphatic hydroxyl groups is 1. The summed E-state index contributed by atoms with van der Waals surface area (Å²) in [4.78, 5) is 22.1. The van der Waals surface area contributed by atoms with Crippen LogP contribution in [0.25, 0.3) is 27.9 Å². The number of aromatic nitrogens is 5. The van der Waals surface area contributed by atoms with Gasteiger partial charge >= 0.3 is 0 Å². The van der Waals surface area contributed by atoms with Crippen molar-refractivity contribution in [3.8, 4) is 11.3 Å². The van der Waals surface area contributed by atoms with E-state index in [9.17, 15) is 18.7 Å². The third kappa shape index (κ3) is 3.14. The topological polar surface area (TPSA) is 109 Å². The minimum atomic E-state index is -2.89. The first-order valence-electron chi connectivity index (χ1n) is 11.2. The molecule has 2 fully saturated rings. The van der Waals surface area contributed by atoms with E-state index in [2.05, 4.69) is 25.3 Å². The van der Waals surface area contributed by atoms with Gasteiger partial charge in [-0.1, -0.05) is 0 Å². The average Bonchev–Trinajstić information content (AvgIpc) is 3.41. The van der Waals surface area contributed by atoms with Crippen LogP contribution in [0.4, 0.5) is 14.6 Å². The van der Waals surface area contributed by atoms with Gasteiger partial charge in [0.15, 0.2) is 5.65 Å². The first kappa shape index (κ1) is 21.0. The van der Waals surface area contributed by atoms with Gasteiger partial charge in [-0.05, 0) is 31.4 Å². The Kier molecular flexibility index (Phi) is 4.60. The molecule has 0 radical (unpaired) electrons. The molecule has 6 rings (SSSR count). The van der Waals surface area contributed by atoms with Crippen molar-refractivity contribution in [2.75, 3.05) is 12.4 Å². The summed E-state index contributed by atoms with van der Waals surface area (Å²) >= 11 is 0. The number of anilines is 1. The summed E-state index contributed by atoms with van der Waals surface area (Å²) in [6.45, 7) is 0. The molecule has 9 nitrogen and oxygen atoms in total. The molecule has 4 aromatic rings. The SMILES string of the molecule is CNc1cc(-c2cn([C@H]3C[C@@H](O)C3)c3ncccc23)nc2c(C(=O)NC3CCC3(F)F)cnn12. The summed E-state index contributed by atoms with van der Waals surface area (Å²) in [5.41, 5.74) is 2.61. The minimum absolute atomic E-state index is 0.130. The van der Waals surface area contributed by atoms with Crippen molar-refractivity contribution in [1.82, 2.24) is 29.5 Å². The van der Waals surface area contributed by atoms with Gasteiger partial charge in [-0.15, -0.1) is 0 Å². The summed E-state index contributed by atoms with van der Waals surface area (Å²) in [5.74, 6) is -2.92. The van der Waals surface area contributed by atoms with Crippen molar-refractivity contribution in [3.63, 3.8) is 0 Å². The van der Waals surface area contributed by atoms with Crippen LogP contribution in [0.1, 0.15) is 42.1 Å². The minimum Gasteiger partial charge on any atom is -0.393 e. The molecule has 0 aromatic carbocycles. The van der Waals surface area contributed by atoms with Gasteiger partial charge in [0, 0.05) is 48.9 Å². The zero-order chi connectivity index (χ0) is 23.6. The second-order valence-electron chi connectivity index (χ2n) is 9.00. The van der Waals surface area contributed by atoms with E-state index < -0.39 is 17.9 Å². The zero-order valence-corrected chi connectivity index (χ0v) is 18.4. The quantitative estimate of drug-likeness (QED) is 0.416. The average molecular weight is 467 g/mol. The van der Waals surface area contributed by atoms with E-state index in [1.165, 1.54) is 10.7 Å². The van der Waals surface area contributed by atoms with Crippen LogP contribution < -0.4 is 10.6 Å². The van der Waals surface area contributed by atoms with E-state index in [1.807, 2.05) is 24.4 Å². The Labute approximate surface area is 192 Å². The number of hydrogen-bond acceptors (Lipinski definition) is 6. The molecule has 4 aromatic heterocycles. The van der Waals surface area contributed by atoms with Gasteiger partial charge in [-0.2, -0.15) is 9.61 Å². The molecule has 2 aliphatic rings. The number of nitrogens with zero attached hydrogens (tertiary/aromatic N) is 5. The highest BCUT2D eigenvalue weighted by atomic mass is 19.3. The van der Waals surface area contributed by atoms with Crippen LogP contribution in [-0.2, 0) is 0 Å². The lowest BCUT2D eigenvalue weighted by Crippen LogP contribution is -2.55. The summed E-state index contributed by atoms with van der Waals surface area (Å²) in [5, 5.41) is 20.4. The fourth-order valence-electron chi connectivity index (χ4n) is 4.71. The number of hydrogen-bond donors (Lipinski definition) is 3. The van der Waals surface area contributed by atoms with Gasteiger partial charge in [0.25, 0.3) is 11.8 Å². The molecule has 0 saturated heterocycles. The first-order chi connectivity index (χ1) is 16.4. The molecule has 0 bridgehead atoms. The van der Waals surface area contributed by atoms with E-state index in [1.54, 1.807) is 13.2 Å². The maximum atomic E-state index is 13.7. The van der Waals surface area contributed by atoms with Gasteiger partial charge in [0.05, 0.1) is 24.0 Å². The number of pyridine rings is 1. The van der Waals surface area contributed by atoms with Crippen LogP contribution in [-0.4, -0.2) is 60.3 Å². The van der Waals surface area contributed by atoms with Gasteiger partial charge < -0.3 is 20.3 Å². The van der Waals surface area contributed by atoms with Crippen LogP contribution in [0.5, 0.6) is 0 Å². The summed E-state index contributed by atoms with van der Waals surface area (Å²) in [7, 11) is 1.73. The fourth-order valence-corrected chi connectivity index (χ4v) is 4.71. The molecule has 11 heteroatoms. The highest BCUT2D eigenvalue weighted by molar-refractivity contribution is 6.01. The van der Waals surface area contributed by atoms with Gasteiger partial charge in [0.2, 0.25) is 0 Å². The van der Waals surface area contributed by atoms with Crippen molar-refractivity contribution >= 4 is 28.4 Å². The summed E-state index contributed by atoms with van der Waals surface area (Å²) in [6, 6.07) is 4.60. The molecule has 176 valence electrons. The zero-order valence-electron chi connectivity index (χ0n) is 18.4. The van der Waals surface area contributed by atoms with E-state index in [4.69, 9.17) is 4.98 Å². The maximum Gasteiger partial charge on any atom is 0.267 e. The molecule has 2 aliphatic carbocycles. The second kappa shape index (κ2) is 7.45. The molecule has 1 amide bonds. The number of carbonyl (C=O) groups is 1. The summed E-state index contributed by atoms with van der Waals surface area (Å²) in [6.07, 6.45) is 6.06.